The molecule has 0 unspecified atom stereocenters. The van der Waals surface area contributed by atoms with Gasteiger partial charge in [0.2, 0.25) is 0 Å². The maximum Gasteiger partial charge on any atom is 0.341 e. The van der Waals surface area contributed by atoms with E-state index in [1.165, 1.54) is 0 Å². The molecule has 0 saturated heterocycles. The molecule has 7 heteroatoms. The monoisotopic (exact) mass is 241 g/mol. The third kappa shape index (κ3) is 2.37. The number of hydrogen-bond donors (Lipinski definition) is 1. The van der Waals surface area contributed by atoms with Gasteiger partial charge in [-0.25, -0.2) is 18.6 Å². The summed E-state index contributed by atoms with van der Waals surface area (Å²) >= 11 is 0. The fourth-order valence-corrected chi connectivity index (χ4v) is 1.37. The van der Waals surface area contributed by atoms with Crippen LogP contribution in [0.2, 0.25) is 0 Å². The van der Waals surface area contributed by atoms with Crippen LogP contribution in [0.5, 0.6) is 0 Å². The highest BCUT2D eigenvalue weighted by molar-refractivity contribution is 5.93. The van der Waals surface area contributed by atoms with Gasteiger partial charge in [0.15, 0.2) is 5.69 Å². The molecule has 1 aromatic heterocycles. The molecule has 1 rings (SSSR count). The molecule has 0 aliphatic heterocycles. The molecule has 0 amide bonds. The van der Waals surface area contributed by atoms with Crippen LogP contribution < -0.4 is 5.73 Å². The van der Waals surface area contributed by atoms with E-state index in [0.717, 1.165) is 13.3 Å². The first-order chi connectivity index (χ1) is 8.06. The Morgan fingerprint density at radius 2 is 2.35 bits per heavy atom. The lowest BCUT2D eigenvalue weighted by atomic mass is 10.0. The molecule has 0 aromatic carbocycles. The van der Waals surface area contributed by atoms with Gasteiger partial charge in [0, 0.05) is 18.3 Å². The van der Waals surface area contributed by atoms with Gasteiger partial charge in [-0.2, -0.15) is 5.26 Å². The second-order valence-corrected chi connectivity index (χ2v) is 3.03. The van der Waals surface area contributed by atoms with Crippen molar-refractivity contribution < 1.29 is 18.3 Å². The molecule has 2 N–H and O–H groups in total. The number of nitriles is 1. The number of nitrogens with two attached hydrogens (primary N) is 1. The summed E-state index contributed by atoms with van der Waals surface area (Å²) in [5, 5.41) is 8.74. The summed E-state index contributed by atoms with van der Waals surface area (Å²) in [6.07, 6.45) is -1.87. The molecule has 17 heavy (non-hydrogen) atoms. The lowest BCUT2D eigenvalue weighted by Crippen LogP contribution is -2.14. The summed E-state index contributed by atoms with van der Waals surface area (Å²) in [4.78, 5) is 15.0. The number of pyridine rings is 1. The van der Waals surface area contributed by atoms with E-state index in [1.54, 1.807) is 6.07 Å². The third-order valence-electron chi connectivity index (χ3n) is 2.14. The fourth-order valence-electron chi connectivity index (χ4n) is 1.37. The summed E-state index contributed by atoms with van der Waals surface area (Å²) in [5.41, 5.74) is 3.78. The van der Waals surface area contributed by atoms with E-state index >= 15 is 0 Å². The van der Waals surface area contributed by atoms with E-state index in [2.05, 4.69) is 9.72 Å². The minimum atomic E-state index is -2.93. The molecule has 0 aliphatic rings. The minimum absolute atomic E-state index is 0.0133. The summed E-state index contributed by atoms with van der Waals surface area (Å²) < 4.78 is 30.1. The molecular formula is C10H9F2N3O2. The number of esters is 1. The normalized spacial score (nSPS) is 10.1. The van der Waals surface area contributed by atoms with Crippen LogP contribution in [0.25, 0.3) is 0 Å². The van der Waals surface area contributed by atoms with Gasteiger partial charge in [0.25, 0.3) is 6.43 Å². The van der Waals surface area contributed by atoms with Crippen LogP contribution in [0.3, 0.4) is 0 Å². The number of rotatable bonds is 3. The molecule has 5 nitrogen and oxygen atoms in total. The molecule has 0 spiro atoms. The Morgan fingerprint density at radius 1 is 1.71 bits per heavy atom. The van der Waals surface area contributed by atoms with E-state index in [4.69, 9.17) is 11.0 Å². The Balaban J connectivity index is 3.59. The van der Waals surface area contributed by atoms with Gasteiger partial charge in [-0.15, -0.1) is 0 Å². The third-order valence-corrected chi connectivity index (χ3v) is 2.14. The molecule has 0 saturated carbocycles. The van der Waals surface area contributed by atoms with Crippen LogP contribution in [0.1, 0.15) is 33.6 Å². The first kappa shape index (κ1) is 13.0. The Bertz CT molecular complexity index is 483. The van der Waals surface area contributed by atoms with Gasteiger partial charge in [-0.05, 0) is 5.56 Å². The van der Waals surface area contributed by atoms with E-state index in [0.29, 0.717) is 0 Å². The van der Waals surface area contributed by atoms with Crippen molar-refractivity contribution in [3.8, 4) is 6.07 Å². The summed E-state index contributed by atoms with van der Waals surface area (Å²) in [7, 11) is 1.04. The number of aromatic nitrogens is 1. The van der Waals surface area contributed by atoms with Crippen molar-refractivity contribution in [1.82, 2.24) is 4.98 Å². The maximum atomic E-state index is 12.9. The lowest BCUT2D eigenvalue weighted by Gasteiger charge is -2.12. The van der Waals surface area contributed by atoms with E-state index < -0.39 is 29.2 Å². The zero-order valence-electron chi connectivity index (χ0n) is 8.91. The number of halogens is 2. The highest BCUT2D eigenvalue weighted by atomic mass is 19.3. The highest BCUT2D eigenvalue weighted by Gasteiger charge is 2.26. The van der Waals surface area contributed by atoms with Crippen molar-refractivity contribution in [1.29, 1.82) is 5.26 Å². The number of carbonyl (C=O) groups excluding carboxylic acids is 1. The van der Waals surface area contributed by atoms with Crippen LogP contribution in [0, 0.1) is 11.3 Å². The van der Waals surface area contributed by atoms with Gasteiger partial charge < -0.3 is 10.5 Å². The average molecular weight is 241 g/mol. The number of ether oxygens (including phenoxy) is 1. The van der Waals surface area contributed by atoms with Gasteiger partial charge >= 0.3 is 5.97 Å². The molecule has 1 heterocycles. The second kappa shape index (κ2) is 5.32. The van der Waals surface area contributed by atoms with Gasteiger partial charge in [0.1, 0.15) is 11.6 Å². The quantitative estimate of drug-likeness (QED) is 0.801. The van der Waals surface area contributed by atoms with E-state index in [1.807, 2.05) is 0 Å². The number of hydrogen-bond acceptors (Lipinski definition) is 5. The van der Waals surface area contributed by atoms with E-state index in [-0.39, 0.29) is 12.1 Å². The Hall–Kier alpha value is -2.07. The standard InChI is InChI=1S/C10H9F2N3O2/c1-17-10(16)8-6(3-14)15-4-5(2-13)7(8)9(11)12/h4,9H,2,13H2,1H3. The predicted octanol–water partition coefficient (Wildman–Crippen LogP) is 1.14. The molecule has 0 fully saturated rings. The Labute approximate surface area is 95.8 Å². The van der Waals surface area contributed by atoms with Crippen molar-refractivity contribution in [3.63, 3.8) is 0 Å². The zero-order valence-corrected chi connectivity index (χ0v) is 8.91. The topological polar surface area (TPSA) is 89.0 Å². The number of alkyl halides is 2. The van der Waals surface area contributed by atoms with Crippen LogP contribution in [0.4, 0.5) is 8.78 Å². The fraction of sp³-hybridized carbons (Fsp3) is 0.300. The molecular weight excluding hydrogens is 232 g/mol. The SMILES string of the molecule is COC(=O)c1c(C#N)ncc(CN)c1C(F)F. The Morgan fingerprint density at radius 3 is 2.76 bits per heavy atom. The van der Waals surface area contributed by atoms with Crippen LogP contribution in [0.15, 0.2) is 6.20 Å². The number of nitrogens with zero attached hydrogens (tertiary/aromatic N) is 2. The van der Waals surface area contributed by atoms with Crippen molar-refractivity contribution in [2.45, 2.75) is 13.0 Å². The Kier molecular flexibility index (Phi) is 4.06. The average Bonchev–Trinajstić information content (AvgIpc) is 2.35. The van der Waals surface area contributed by atoms with Crippen LogP contribution >= 0.6 is 0 Å². The maximum absolute atomic E-state index is 12.9. The largest absolute Gasteiger partial charge is 0.465 e. The summed E-state index contributed by atoms with van der Waals surface area (Å²) in [6.45, 7) is -0.206. The first-order valence-corrected chi connectivity index (χ1v) is 4.55. The van der Waals surface area contributed by atoms with Crippen molar-refractivity contribution in [2.75, 3.05) is 7.11 Å². The highest BCUT2D eigenvalue weighted by Crippen LogP contribution is 2.28. The molecule has 1 aromatic rings. The van der Waals surface area contributed by atoms with Crippen molar-refractivity contribution >= 4 is 5.97 Å². The first-order valence-electron chi connectivity index (χ1n) is 4.55. The predicted molar refractivity (Wildman–Crippen MR) is 53.1 cm³/mol. The molecule has 90 valence electrons. The van der Waals surface area contributed by atoms with Crippen LogP contribution in [-0.4, -0.2) is 18.1 Å². The minimum Gasteiger partial charge on any atom is -0.465 e. The van der Waals surface area contributed by atoms with Gasteiger partial charge in [0.05, 0.1) is 7.11 Å². The number of methoxy groups -OCH3 is 1. The van der Waals surface area contributed by atoms with Crippen LogP contribution in [-0.2, 0) is 11.3 Å². The molecule has 0 aliphatic carbocycles. The second-order valence-electron chi connectivity index (χ2n) is 3.03. The summed E-state index contributed by atoms with van der Waals surface area (Å²) in [6, 6.07) is 1.57. The smallest absolute Gasteiger partial charge is 0.341 e. The number of carbonyl (C=O) groups is 1. The molecule has 0 radical (unpaired) electrons. The molecule has 0 atom stereocenters. The zero-order chi connectivity index (χ0) is 13.0. The van der Waals surface area contributed by atoms with Crippen molar-refractivity contribution in [2.24, 2.45) is 5.73 Å². The van der Waals surface area contributed by atoms with E-state index in [9.17, 15) is 13.6 Å². The van der Waals surface area contributed by atoms with Gasteiger partial charge in [-0.3, -0.25) is 0 Å². The summed E-state index contributed by atoms with van der Waals surface area (Å²) in [5.74, 6) is -1.03. The van der Waals surface area contributed by atoms with Crippen molar-refractivity contribution in [3.05, 3.63) is 28.6 Å². The lowest BCUT2D eigenvalue weighted by molar-refractivity contribution is 0.0587. The molecule has 0 bridgehead atoms. The van der Waals surface area contributed by atoms with Gasteiger partial charge in [-0.1, -0.05) is 0 Å².